The number of hydrogen-bond donors (Lipinski definition) is 1. The molecule has 0 unspecified atom stereocenters. The minimum absolute atomic E-state index is 0.0186. The average molecular weight is 366 g/mol. The molecule has 0 radical (unpaired) electrons. The number of fused-ring (bicyclic) bond motifs is 1. The molecule has 0 bridgehead atoms. The summed E-state index contributed by atoms with van der Waals surface area (Å²) in [4.78, 5) is 27.1. The molecule has 2 aliphatic heterocycles. The van der Waals surface area contributed by atoms with Gasteiger partial charge < -0.3 is 19.7 Å². The molecule has 0 spiro atoms. The largest absolute Gasteiger partial charge is 0.486 e. The van der Waals surface area contributed by atoms with E-state index in [1.165, 1.54) is 6.42 Å². The number of benzene rings is 2. The van der Waals surface area contributed by atoms with Gasteiger partial charge >= 0.3 is 0 Å². The maximum absolute atomic E-state index is 12.7. The van der Waals surface area contributed by atoms with Crippen LogP contribution in [0.4, 0.5) is 5.69 Å². The number of anilines is 1. The van der Waals surface area contributed by atoms with Crippen LogP contribution in [0.15, 0.2) is 42.5 Å². The molecule has 1 saturated heterocycles. The van der Waals surface area contributed by atoms with Crippen molar-refractivity contribution in [2.45, 2.75) is 19.3 Å². The second-order valence-electron chi connectivity index (χ2n) is 6.75. The zero-order valence-electron chi connectivity index (χ0n) is 15.1. The maximum atomic E-state index is 12.7. The van der Waals surface area contributed by atoms with E-state index in [1.807, 2.05) is 4.90 Å². The summed E-state index contributed by atoms with van der Waals surface area (Å²) in [5.41, 5.74) is 1.67. The van der Waals surface area contributed by atoms with Gasteiger partial charge in [-0.15, -0.1) is 0 Å². The standard InChI is InChI=1S/C21H22N2O4/c24-20(15-7-8-18-19(14-15)27-12-11-26-18)22-17-6-4-5-16(13-17)21(25)23-9-2-1-3-10-23/h4-8,13-14H,1-3,9-12H2,(H,22,24). The summed E-state index contributed by atoms with van der Waals surface area (Å²) >= 11 is 0. The monoisotopic (exact) mass is 366 g/mol. The number of hydrogen-bond acceptors (Lipinski definition) is 4. The third kappa shape index (κ3) is 3.89. The number of nitrogens with one attached hydrogen (secondary N) is 1. The number of ether oxygens (including phenoxy) is 2. The Morgan fingerprint density at radius 2 is 1.63 bits per heavy atom. The van der Waals surface area contributed by atoms with Crippen molar-refractivity contribution in [1.29, 1.82) is 0 Å². The minimum Gasteiger partial charge on any atom is -0.486 e. The Morgan fingerprint density at radius 1 is 0.852 bits per heavy atom. The molecule has 0 atom stereocenters. The van der Waals surface area contributed by atoms with E-state index in [0.717, 1.165) is 25.9 Å². The molecule has 1 N–H and O–H groups in total. The van der Waals surface area contributed by atoms with Gasteiger partial charge in [0.2, 0.25) is 0 Å². The molecular weight excluding hydrogens is 344 g/mol. The lowest BCUT2D eigenvalue weighted by Gasteiger charge is -2.26. The summed E-state index contributed by atoms with van der Waals surface area (Å²) in [5.74, 6) is 0.981. The smallest absolute Gasteiger partial charge is 0.255 e. The Hall–Kier alpha value is -3.02. The van der Waals surface area contributed by atoms with Gasteiger partial charge in [0.1, 0.15) is 13.2 Å². The summed E-state index contributed by atoms with van der Waals surface area (Å²) in [7, 11) is 0. The lowest BCUT2D eigenvalue weighted by molar-refractivity contribution is 0.0724. The SMILES string of the molecule is O=C(Nc1cccc(C(=O)N2CCCCC2)c1)c1ccc2c(c1)OCCO2. The lowest BCUT2D eigenvalue weighted by atomic mass is 10.1. The third-order valence-corrected chi connectivity index (χ3v) is 4.82. The van der Waals surface area contributed by atoms with Crippen LogP contribution in [0.2, 0.25) is 0 Å². The van der Waals surface area contributed by atoms with Crippen LogP contribution in [-0.4, -0.2) is 43.0 Å². The zero-order valence-corrected chi connectivity index (χ0v) is 15.1. The van der Waals surface area contributed by atoms with E-state index in [0.29, 0.717) is 41.5 Å². The predicted octanol–water partition coefficient (Wildman–Crippen LogP) is 3.34. The molecular formula is C21H22N2O4. The Kier molecular flexibility index (Phi) is 4.96. The summed E-state index contributed by atoms with van der Waals surface area (Å²) in [5, 5.41) is 2.86. The predicted molar refractivity (Wildman–Crippen MR) is 102 cm³/mol. The number of carbonyl (C=O) groups is 2. The van der Waals surface area contributed by atoms with Crippen LogP contribution in [0.25, 0.3) is 0 Å². The minimum atomic E-state index is -0.255. The highest BCUT2D eigenvalue weighted by Gasteiger charge is 2.19. The number of rotatable bonds is 3. The molecule has 2 amide bonds. The first-order valence-electron chi connectivity index (χ1n) is 9.31. The number of nitrogens with zero attached hydrogens (tertiary/aromatic N) is 1. The third-order valence-electron chi connectivity index (χ3n) is 4.82. The van der Waals surface area contributed by atoms with Crippen LogP contribution >= 0.6 is 0 Å². The highest BCUT2D eigenvalue weighted by Crippen LogP contribution is 2.31. The maximum Gasteiger partial charge on any atom is 0.255 e. The first-order chi connectivity index (χ1) is 13.2. The van der Waals surface area contributed by atoms with E-state index in [4.69, 9.17) is 9.47 Å². The summed E-state index contributed by atoms with van der Waals surface area (Å²) in [6.07, 6.45) is 3.27. The van der Waals surface area contributed by atoms with Crippen molar-refractivity contribution in [1.82, 2.24) is 4.90 Å². The van der Waals surface area contributed by atoms with Crippen LogP contribution in [0.1, 0.15) is 40.0 Å². The molecule has 4 rings (SSSR count). The summed E-state index contributed by atoms with van der Waals surface area (Å²) in [6.45, 7) is 2.58. The number of carbonyl (C=O) groups excluding carboxylic acids is 2. The normalized spacial score (nSPS) is 15.9. The zero-order chi connectivity index (χ0) is 18.6. The van der Waals surface area contributed by atoms with E-state index in [9.17, 15) is 9.59 Å². The van der Waals surface area contributed by atoms with Crippen molar-refractivity contribution >= 4 is 17.5 Å². The number of piperidine rings is 1. The lowest BCUT2D eigenvalue weighted by Crippen LogP contribution is -2.35. The Balaban J connectivity index is 1.47. The molecule has 2 aromatic carbocycles. The van der Waals surface area contributed by atoms with E-state index in [1.54, 1.807) is 42.5 Å². The molecule has 2 aliphatic rings. The second kappa shape index (κ2) is 7.70. The highest BCUT2D eigenvalue weighted by molar-refractivity contribution is 6.05. The second-order valence-corrected chi connectivity index (χ2v) is 6.75. The van der Waals surface area contributed by atoms with Gasteiger partial charge in [0, 0.05) is 29.9 Å². The van der Waals surface area contributed by atoms with Crippen molar-refractivity contribution in [3.63, 3.8) is 0 Å². The van der Waals surface area contributed by atoms with Crippen molar-refractivity contribution in [3.8, 4) is 11.5 Å². The van der Waals surface area contributed by atoms with Crippen molar-refractivity contribution < 1.29 is 19.1 Å². The summed E-state index contributed by atoms with van der Waals surface area (Å²) in [6, 6.07) is 12.2. The van der Waals surface area contributed by atoms with Crippen molar-refractivity contribution in [3.05, 3.63) is 53.6 Å². The Bertz CT molecular complexity index is 859. The van der Waals surface area contributed by atoms with Crippen LogP contribution in [0.5, 0.6) is 11.5 Å². The first-order valence-corrected chi connectivity index (χ1v) is 9.31. The molecule has 140 valence electrons. The Labute approximate surface area is 158 Å². The van der Waals surface area contributed by atoms with Crippen LogP contribution < -0.4 is 14.8 Å². The molecule has 2 aromatic rings. The fourth-order valence-corrected chi connectivity index (χ4v) is 3.40. The topological polar surface area (TPSA) is 67.9 Å². The van der Waals surface area contributed by atoms with Crippen LogP contribution in [0, 0.1) is 0 Å². The molecule has 0 aliphatic carbocycles. The van der Waals surface area contributed by atoms with E-state index in [2.05, 4.69) is 5.32 Å². The van der Waals surface area contributed by atoms with Crippen molar-refractivity contribution in [2.75, 3.05) is 31.6 Å². The van der Waals surface area contributed by atoms with Gasteiger partial charge in [-0.3, -0.25) is 9.59 Å². The number of amides is 2. The van der Waals surface area contributed by atoms with E-state index >= 15 is 0 Å². The van der Waals surface area contributed by atoms with Gasteiger partial charge in [0.25, 0.3) is 11.8 Å². The van der Waals surface area contributed by atoms with Crippen LogP contribution in [0.3, 0.4) is 0 Å². The summed E-state index contributed by atoms with van der Waals surface area (Å²) < 4.78 is 11.0. The van der Waals surface area contributed by atoms with Gasteiger partial charge in [-0.25, -0.2) is 0 Å². The fourth-order valence-electron chi connectivity index (χ4n) is 3.40. The molecule has 1 fully saturated rings. The van der Waals surface area contributed by atoms with Crippen molar-refractivity contribution in [2.24, 2.45) is 0 Å². The van der Waals surface area contributed by atoms with E-state index in [-0.39, 0.29) is 11.8 Å². The van der Waals surface area contributed by atoms with Gasteiger partial charge in [-0.2, -0.15) is 0 Å². The molecule has 6 heteroatoms. The highest BCUT2D eigenvalue weighted by atomic mass is 16.6. The molecule has 6 nitrogen and oxygen atoms in total. The average Bonchev–Trinajstić information content (AvgIpc) is 2.73. The fraction of sp³-hybridized carbons (Fsp3) is 0.333. The molecule has 0 saturated carbocycles. The van der Waals surface area contributed by atoms with E-state index < -0.39 is 0 Å². The molecule has 27 heavy (non-hydrogen) atoms. The Morgan fingerprint density at radius 3 is 2.44 bits per heavy atom. The molecule has 2 heterocycles. The van der Waals surface area contributed by atoms with Gasteiger partial charge in [0.15, 0.2) is 11.5 Å². The van der Waals surface area contributed by atoms with Gasteiger partial charge in [-0.1, -0.05) is 6.07 Å². The van der Waals surface area contributed by atoms with Crippen LogP contribution in [-0.2, 0) is 0 Å². The van der Waals surface area contributed by atoms with Gasteiger partial charge in [-0.05, 0) is 55.7 Å². The molecule has 0 aromatic heterocycles. The quantitative estimate of drug-likeness (QED) is 0.905. The van der Waals surface area contributed by atoms with Gasteiger partial charge in [0.05, 0.1) is 0 Å². The first kappa shape index (κ1) is 17.4. The number of likely N-dealkylation sites (tertiary alicyclic amines) is 1.